The number of nitrogens with two attached hydrogens (primary N) is 1. The van der Waals surface area contributed by atoms with E-state index in [1.54, 1.807) is 18.2 Å². The van der Waals surface area contributed by atoms with Crippen LogP contribution in [0.5, 0.6) is 0 Å². The number of amides is 1. The smallest absolute Gasteiger partial charge is 0.270 e. The van der Waals surface area contributed by atoms with Crippen molar-refractivity contribution in [3.63, 3.8) is 0 Å². The molecule has 0 spiro atoms. The molecule has 1 heterocycles. The van der Waals surface area contributed by atoms with Gasteiger partial charge in [0, 0.05) is 30.1 Å². The highest BCUT2D eigenvalue weighted by Gasteiger charge is 2.13. The number of aliphatic hydroxyl groups is 1. The van der Waals surface area contributed by atoms with Crippen LogP contribution < -0.4 is 11.1 Å². The van der Waals surface area contributed by atoms with Crippen molar-refractivity contribution in [1.29, 1.82) is 0 Å². The van der Waals surface area contributed by atoms with Crippen LogP contribution in [0.2, 0.25) is 5.02 Å². The summed E-state index contributed by atoms with van der Waals surface area (Å²) >= 11 is 5.95. The van der Waals surface area contributed by atoms with Gasteiger partial charge in [-0.15, -0.1) is 0 Å². The Kier molecular flexibility index (Phi) is 4.19. The molecule has 0 aliphatic rings. The van der Waals surface area contributed by atoms with E-state index in [0.29, 0.717) is 40.1 Å². The number of nitrogen functional groups attached to an aromatic ring is 1. The van der Waals surface area contributed by atoms with E-state index < -0.39 is 0 Å². The van der Waals surface area contributed by atoms with E-state index in [-0.39, 0.29) is 12.5 Å². The number of fused-ring (bicyclic) bond motifs is 1. The first-order valence-electron chi connectivity index (χ1n) is 5.87. The van der Waals surface area contributed by atoms with Crippen LogP contribution in [0.1, 0.15) is 16.9 Å². The number of aliphatic hydroxyl groups excluding tert-OH is 1. The summed E-state index contributed by atoms with van der Waals surface area (Å²) in [5.41, 5.74) is 6.62. The Morgan fingerprint density at radius 3 is 2.89 bits per heavy atom. The maximum atomic E-state index is 12.0. The Balaban J connectivity index is 2.39. The van der Waals surface area contributed by atoms with Gasteiger partial charge in [0.05, 0.1) is 10.7 Å². The molecule has 2 rings (SSSR count). The van der Waals surface area contributed by atoms with Crippen LogP contribution in [0.15, 0.2) is 24.4 Å². The number of aromatic nitrogens is 1. The van der Waals surface area contributed by atoms with E-state index in [1.165, 1.54) is 6.20 Å². The summed E-state index contributed by atoms with van der Waals surface area (Å²) in [5.74, 6) is -0.291. The Morgan fingerprint density at radius 1 is 1.37 bits per heavy atom. The highest BCUT2D eigenvalue weighted by molar-refractivity contribution is 6.34. The van der Waals surface area contributed by atoms with Gasteiger partial charge in [0.15, 0.2) is 0 Å². The monoisotopic (exact) mass is 279 g/mol. The van der Waals surface area contributed by atoms with Gasteiger partial charge in [-0.2, -0.15) is 0 Å². The number of rotatable bonds is 4. The van der Waals surface area contributed by atoms with Gasteiger partial charge in [-0.05, 0) is 18.6 Å². The second kappa shape index (κ2) is 5.86. The van der Waals surface area contributed by atoms with Crippen molar-refractivity contribution in [1.82, 2.24) is 10.3 Å². The standard InChI is InChI=1S/C13H14ClN3O2/c14-10-3-2-9-8(11(10)15)4-6-16-12(9)13(19)17-5-1-7-18/h2-4,6,18H,1,5,7,15H2,(H,17,19). The molecule has 0 aliphatic heterocycles. The fourth-order valence-electron chi connectivity index (χ4n) is 1.80. The molecule has 19 heavy (non-hydrogen) atoms. The minimum atomic E-state index is -0.291. The SMILES string of the molecule is Nc1c(Cl)ccc2c(C(=O)NCCCO)nccc12. The van der Waals surface area contributed by atoms with Crippen molar-refractivity contribution in [3.05, 3.63) is 35.1 Å². The van der Waals surface area contributed by atoms with Crippen LogP contribution in [-0.2, 0) is 0 Å². The van der Waals surface area contributed by atoms with Crippen LogP contribution in [0, 0.1) is 0 Å². The summed E-state index contributed by atoms with van der Waals surface area (Å²) in [5, 5.41) is 13.2. The Labute approximate surface area is 115 Å². The van der Waals surface area contributed by atoms with Crippen LogP contribution in [0.25, 0.3) is 10.8 Å². The molecular formula is C13H14ClN3O2. The second-order valence-electron chi connectivity index (χ2n) is 4.05. The number of hydrogen-bond acceptors (Lipinski definition) is 4. The molecule has 1 aromatic heterocycles. The third-order valence-electron chi connectivity index (χ3n) is 2.77. The first-order valence-corrected chi connectivity index (χ1v) is 6.24. The van der Waals surface area contributed by atoms with E-state index in [2.05, 4.69) is 10.3 Å². The lowest BCUT2D eigenvalue weighted by Gasteiger charge is -2.09. The summed E-state index contributed by atoms with van der Waals surface area (Å²) < 4.78 is 0. The molecule has 0 atom stereocenters. The average molecular weight is 280 g/mol. The van der Waals surface area contributed by atoms with Crippen LogP contribution in [0.4, 0.5) is 5.69 Å². The largest absolute Gasteiger partial charge is 0.397 e. The van der Waals surface area contributed by atoms with Gasteiger partial charge < -0.3 is 16.2 Å². The third-order valence-corrected chi connectivity index (χ3v) is 3.10. The zero-order valence-corrected chi connectivity index (χ0v) is 10.9. The fraction of sp³-hybridized carbons (Fsp3) is 0.231. The lowest BCUT2D eigenvalue weighted by molar-refractivity contribution is 0.0948. The van der Waals surface area contributed by atoms with Crippen molar-refractivity contribution in [3.8, 4) is 0 Å². The van der Waals surface area contributed by atoms with Crippen molar-refractivity contribution in [2.75, 3.05) is 18.9 Å². The highest BCUT2D eigenvalue weighted by atomic mass is 35.5. The van der Waals surface area contributed by atoms with E-state index in [1.807, 2.05) is 0 Å². The fourth-order valence-corrected chi connectivity index (χ4v) is 1.96. The molecule has 0 saturated carbocycles. The molecule has 0 fully saturated rings. The molecule has 1 aromatic carbocycles. The van der Waals surface area contributed by atoms with Gasteiger partial charge in [0.2, 0.25) is 0 Å². The number of carbonyl (C=O) groups excluding carboxylic acids is 1. The molecule has 2 aromatic rings. The van der Waals surface area contributed by atoms with Crippen molar-refractivity contribution < 1.29 is 9.90 Å². The number of pyridine rings is 1. The molecule has 6 heteroatoms. The van der Waals surface area contributed by atoms with E-state index in [9.17, 15) is 4.79 Å². The van der Waals surface area contributed by atoms with E-state index in [4.69, 9.17) is 22.4 Å². The van der Waals surface area contributed by atoms with Crippen LogP contribution in [-0.4, -0.2) is 29.1 Å². The summed E-state index contributed by atoms with van der Waals surface area (Å²) in [4.78, 5) is 16.1. The highest BCUT2D eigenvalue weighted by Crippen LogP contribution is 2.29. The normalized spacial score (nSPS) is 10.6. The van der Waals surface area contributed by atoms with Gasteiger partial charge in [-0.1, -0.05) is 17.7 Å². The zero-order valence-electron chi connectivity index (χ0n) is 10.2. The Morgan fingerprint density at radius 2 is 2.16 bits per heavy atom. The van der Waals surface area contributed by atoms with E-state index >= 15 is 0 Å². The predicted octanol–water partition coefficient (Wildman–Crippen LogP) is 1.58. The molecular weight excluding hydrogens is 266 g/mol. The molecule has 0 radical (unpaired) electrons. The van der Waals surface area contributed by atoms with Crippen molar-refractivity contribution >= 4 is 34.0 Å². The number of anilines is 1. The quantitative estimate of drug-likeness (QED) is 0.586. The topological polar surface area (TPSA) is 88.2 Å². The molecule has 5 nitrogen and oxygen atoms in total. The molecule has 0 bridgehead atoms. The molecule has 0 unspecified atom stereocenters. The second-order valence-corrected chi connectivity index (χ2v) is 4.46. The lowest BCUT2D eigenvalue weighted by atomic mass is 10.1. The summed E-state index contributed by atoms with van der Waals surface area (Å²) in [6.07, 6.45) is 2.03. The van der Waals surface area contributed by atoms with Crippen molar-refractivity contribution in [2.45, 2.75) is 6.42 Å². The number of nitrogens with zero attached hydrogens (tertiary/aromatic N) is 1. The van der Waals surface area contributed by atoms with Gasteiger partial charge in [0.1, 0.15) is 5.69 Å². The average Bonchev–Trinajstić information content (AvgIpc) is 2.42. The van der Waals surface area contributed by atoms with E-state index in [0.717, 1.165) is 0 Å². The number of benzene rings is 1. The third kappa shape index (κ3) is 2.77. The van der Waals surface area contributed by atoms with Crippen molar-refractivity contribution in [2.24, 2.45) is 0 Å². The number of carbonyl (C=O) groups is 1. The van der Waals surface area contributed by atoms with Crippen LogP contribution >= 0.6 is 11.6 Å². The van der Waals surface area contributed by atoms with Crippen LogP contribution in [0.3, 0.4) is 0 Å². The first kappa shape index (κ1) is 13.6. The van der Waals surface area contributed by atoms with Gasteiger partial charge in [-0.3, -0.25) is 9.78 Å². The Hall–Kier alpha value is -1.85. The number of nitrogens with one attached hydrogen (secondary N) is 1. The minimum absolute atomic E-state index is 0.0335. The Bertz CT molecular complexity index is 616. The minimum Gasteiger partial charge on any atom is -0.397 e. The zero-order chi connectivity index (χ0) is 13.8. The molecule has 100 valence electrons. The molecule has 4 N–H and O–H groups in total. The summed E-state index contributed by atoms with van der Waals surface area (Å²) in [6.45, 7) is 0.433. The summed E-state index contributed by atoms with van der Waals surface area (Å²) in [6, 6.07) is 5.09. The molecule has 0 saturated heterocycles. The van der Waals surface area contributed by atoms with Gasteiger partial charge >= 0.3 is 0 Å². The van der Waals surface area contributed by atoms with Gasteiger partial charge in [0.25, 0.3) is 5.91 Å². The molecule has 1 amide bonds. The summed E-state index contributed by atoms with van der Waals surface area (Å²) in [7, 11) is 0. The van der Waals surface area contributed by atoms with Gasteiger partial charge in [-0.25, -0.2) is 0 Å². The number of halogens is 1. The maximum Gasteiger partial charge on any atom is 0.270 e. The lowest BCUT2D eigenvalue weighted by Crippen LogP contribution is -2.26. The predicted molar refractivity (Wildman–Crippen MR) is 75.2 cm³/mol. The molecule has 0 aliphatic carbocycles. The first-order chi connectivity index (χ1) is 9.15. The number of hydrogen-bond donors (Lipinski definition) is 3. The maximum absolute atomic E-state index is 12.0.